The molecule has 0 saturated heterocycles. The minimum Gasteiger partial charge on any atom is -0.480 e. The van der Waals surface area contributed by atoms with Crippen LogP contribution in [0.15, 0.2) is 5.38 Å². The van der Waals surface area contributed by atoms with E-state index in [4.69, 9.17) is 5.11 Å². The number of hydrogen-bond donors (Lipinski definition) is 2. The molecular formula is C11H16N2O3S. The van der Waals surface area contributed by atoms with Crippen molar-refractivity contribution in [2.24, 2.45) is 0 Å². The van der Waals surface area contributed by atoms with E-state index >= 15 is 0 Å². The summed E-state index contributed by atoms with van der Waals surface area (Å²) in [5, 5.41) is 14.1. The molecule has 1 aromatic rings. The Morgan fingerprint density at radius 3 is 2.71 bits per heavy atom. The third-order valence-electron chi connectivity index (χ3n) is 2.28. The smallest absolute Gasteiger partial charge is 0.326 e. The predicted molar refractivity (Wildman–Crippen MR) is 65.1 cm³/mol. The second-order valence-corrected chi connectivity index (χ2v) is 4.57. The van der Waals surface area contributed by atoms with Crippen molar-refractivity contribution in [3.05, 3.63) is 16.1 Å². The fourth-order valence-corrected chi connectivity index (χ4v) is 2.09. The number of aliphatic carboxylic acids is 1. The second kappa shape index (κ2) is 6.34. The monoisotopic (exact) mass is 256 g/mol. The SMILES string of the molecule is CCc1nc(CC(=O)NC(CC)C(=O)O)cs1. The average molecular weight is 256 g/mol. The van der Waals surface area contributed by atoms with Crippen molar-refractivity contribution in [1.82, 2.24) is 10.3 Å². The molecule has 0 saturated carbocycles. The van der Waals surface area contributed by atoms with Gasteiger partial charge in [0.15, 0.2) is 0 Å². The summed E-state index contributed by atoms with van der Waals surface area (Å²) >= 11 is 1.52. The van der Waals surface area contributed by atoms with E-state index in [1.165, 1.54) is 11.3 Å². The summed E-state index contributed by atoms with van der Waals surface area (Å²) in [5.41, 5.74) is 0.699. The normalized spacial score (nSPS) is 12.1. The fraction of sp³-hybridized carbons (Fsp3) is 0.545. The molecule has 6 heteroatoms. The van der Waals surface area contributed by atoms with Crippen LogP contribution in [-0.2, 0) is 22.4 Å². The Balaban J connectivity index is 2.51. The van der Waals surface area contributed by atoms with E-state index in [9.17, 15) is 9.59 Å². The van der Waals surface area contributed by atoms with Gasteiger partial charge in [-0.3, -0.25) is 4.79 Å². The quantitative estimate of drug-likeness (QED) is 0.802. The number of carboxylic acids is 1. The van der Waals surface area contributed by atoms with Gasteiger partial charge in [-0.25, -0.2) is 9.78 Å². The molecule has 0 aliphatic carbocycles. The molecule has 0 radical (unpaired) electrons. The molecule has 5 nitrogen and oxygen atoms in total. The maximum Gasteiger partial charge on any atom is 0.326 e. The zero-order valence-corrected chi connectivity index (χ0v) is 10.7. The minimum atomic E-state index is -1.01. The largest absolute Gasteiger partial charge is 0.480 e. The van der Waals surface area contributed by atoms with Gasteiger partial charge in [-0.15, -0.1) is 11.3 Å². The zero-order valence-electron chi connectivity index (χ0n) is 9.90. The third-order valence-corrected chi connectivity index (χ3v) is 3.33. The molecule has 1 unspecified atom stereocenters. The molecule has 0 bridgehead atoms. The molecular weight excluding hydrogens is 240 g/mol. The number of nitrogens with one attached hydrogen (secondary N) is 1. The Morgan fingerprint density at radius 1 is 1.53 bits per heavy atom. The fourth-order valence-electron chi connectivity index (χ4n) is 1.34. The number of hydrogen-bond acceptors (Lipinski definition) is 4. The van der Waals surface area contributed by atoms with Gasteiger partial charge in [0.05, 0.1) is 17.1 Å². The molecule has 1 amide bonds. The Morgan fingerprint density at radius 2 is 2.24 bits per heavy atom. The van der Waals surface area contributed by atoms with Crippen LogP contribution in [0.5, 0.6) is 0 Å². The van der Waals surface area contributed by atoms with Gasteiger partial charge >= 0.3 is 5.97 Å². The number of aromatic nitrogens is 1. The number of aryl methyl sites for hydroxylation is 1. The van der Waals surface area contributed by atoms with Crippen molar-refractivity contribution in [3.63, 3.8) is 0 Å². The molecule has 0 fully saturated rings. The first-order valence-corrected chi connectivity index (χ1v) is 6.40. The van der Waals surface area contributed by atoms with Gasteiger partial charge in [-0.1, -0.05) is 13.8 Å². The highest BCUT2D eigenvalue weighted by molar-refractivity contribution is 7.09. The molecule has 2 N–H and O–H groups in total. The maximum absolute atomic E-state index is 11.6. The molecule has 94 valence electrons. The van der Waals surface area contributed by atoms with E-state index < -0.39 is 12.0 Å². The highest BCUT2D eigenvalue weighted by Gasteiger charge is 2.18. The maximum atomic E-state index is 11.6. The van der Waals surface area contributed by atoms with Crippen LogP contribution < -0.4 is 5.32 Å². The Kier molecular flexibility index (Phi) is 5.09. The number of thiazole rings is 1. The topological polar surface area (TPSA) is 79.3 Å². The summed E-state index contributed by atoms with van der Waals surface area (Å²) in [6, 6.07) is -0.813. The molecule has 1 atom stereocenters. The number of nitrogens with zero attached hydrogens (tertiary/aromatic N) is 1. The van der Waals surface area contributed by atoms with Crippen LogP contribution in [0.4, 0.5) is 0 Å². The summed E-state index contributed by atoms with van der Waals surface area (Å²) in [5.74, 6) is -1.31. The summed E-state index contributed by atoms with van der Waals surface area (Å²) in [6.45, 7) is 3.72. The van der Waals surface area contributed by atoms with Crippen molar-refractivity contribution >= 4 is 23.2 Å². The number of rotatable bonds is 6. The second-order valence-electron chi connectivity index (χ2n) is 3.63. The van der Waals surface area contributed by atoms with Crippen LogP contribution in [0.3, 0.4) is 0 Å². The summed E-state index contributed by atoms with van der Waals surface area (Å²) < 4.78 is 0. The number of carbonyl (C=O) groups is 2. The first-order valence-electron chi connectivity index (χ1n) is 5.52. The number of carbonyl (C=O) groups excluding carboxylic acids is 1. The molecule has 17 heavy (non-hydrogen) atoms. The predicted octanol–water partition coefficient (Wildman–Crippen LogP) is 1.23. The van der Waals surface area contributed by atoms with E-state index in [1.807, 2.05) is 12.3 Å². The highest BCUT2D eigenvalue weighted by atomic mass is 32.1. The van der Waals surface area contributed by atoms with Crippen molar-refractivity contribution in [1.29, 1.82) is 0 Å². The minimum absolute atomic E-state index is 0.139. The Labute approximate surface area is 104 Å². The Hall–Kier alpha value is -1.43. The van der Waals surface area contributed by atoms with Crippen LogP contribution in [0.2, 0.25) is 0 Å². The van der Waals surface area contributed by atoms with Crippen molar-refractivity contribution in [2.75, 3.05) is 0 Å². The lowest BCUT2D eigenvalue weighted by Gasteiger charge is -2.11. The molecule has 0 aromatic carbocycles. The Bertz CT molecular complexity index is 403. The van der Waals surface area contributed by atoms with Gasteiger partial charge < -0.3 is 10.4 Å². The lowest BCUT2D eigenvalue weighted by molar-refractivity contribution is -0.141. The molecule has 1 heterocycles. The first-order chi connectivity index (χ1) is 8.06. The van der Waals surface area contributed by atoms with E-state index in [1.54, 1.807) is 6.92 Å². The van der Waals surface area contributed by atoms with Crippen LogP contribution in [0, 0.1) is 0 Å². The van der Waals surface area contributed by atoms with Crippen molar-refractivity contribution < 1.29 is 14.7 Å². The van der Waals surface area contributed by atoms with Gasteiger partial charge in [0.2, 0.25) is 5.91 Å². The van der Waals surface area contributed by atoms with E-state index in [2.05, 4.69) is 10.3 Å². The van der Waals surface area contributed by atoms with E-state index in [-0.39, 0.29) is 12.3 Å². The molecule has 0 spiro atoms. The zero-order chi connectivity index (χ0) is 12.8. The summed E-state index contributed by atoms with van der Waals surface area (Å²) in [4.78, 5) is 26.6. The van der Waals surface area contributed by atoms with Crippen LogP contribution in [0.1, 0.15) is 31.0 Å². The van der Waals surface area contributed by atoms with Gasteiger partial charge in [0, 0.05) is 5.38 Å². The number of carboxylic acid groups (broad SMARTS) is 1. The van der Waals surface area contributed by atoms with Gasteiger partial charge in [-0.2, -0.15) is 0 Å². The van der Waals surface area contributed by atoms with Gasteiger partial charge in [0.1, 0.15) is 6.04 Å². The average Bonchev–Trinajstić information content (AvgIpc) is 2.73. The molecule has 0 aliphatic rings. The number of amides is 1. The van der Waals surface area contributed by atoms with Crippen molar-refractivity contribution in [2.45, 2.75) is 39.2 Å². The van der Waals surface area contributed by atoms with Crippen LogP contribution in [0.25, 0.3) is 0 Å². The summed E-state index contributed by atoms with van der Waals surface area (Å²) in [7, 11) is 0. The van der Waals surface area contributed by atoms with Crippen LogP contribution in [-0.4, -0.2) is 28.0 Å². The van der Waals surface area contributed by atoms with Gasteiger partial charge in [-0.05, 0) is 12.8 Å². The van der Waals surface area contributed by atoms with E-state index in [0.29, 0.717) is 12.1 Å². The lowest BCUT2D eigenvalue weighted by Crippen LogP contribution is -2.41. The summed E-state index contributed by atoms with van der Waals surface area (Å²) in [6.07, 6.45) is 1.36. The third kappa shape index (κ3) is 4.14. The highest BCUT2D eigenvalue weighted by Crippen LogP contribution is 2.10. The van der Waals surface area contributed by atoms with Crippen molar-refractivity contribution in [3.8, 4) is 0 Å². The first kappa shape index (κ1) is 13.6. The molecule has 1 rings (SSSR count). The lowest BCUT2D eigenvalue weighted by atomic mass is 10.2. The molecule has 1 aromatic heterocycles. The van der Waals surface area contributed by atoms with Crippen LogP contribution >= 0.6 is 11.3 Å². The molecule has 0 aliphatic heterocycles. The van der Waals surface area contributed by atoms with Gasteiger partial charge in [0.25, 0.3) is 0 Å². The van der Waals surface area contributed by atoms with E-state index in [0.717, 1.165) is 11.4 Å². The standard InChI is InChI=1S/C11H16N2O3S/c1-3-8(11(15)16)13-9(14)5-7-6-17-10(4-2)12-7/h6,8H,3-5H2,1-2H3,(H,13,14)(H,15,16).